The SMILES string of the molecule is CCCCCCCC/C=C\CCCCCCCCCC(=O)OCCCCCCCCCCCCCC/C=C\CCCCCCCCCCCCCC(=O)NC(CO)C(O)/C=C/CCCCCCCCCC. The fourth-order valence-corrected chi connectivity index (χ4v) is 9.74. The van der Waals surface area contributed by atoms with Crippen LogP contribution >= 0.6 is 0 Å². The molecular formula is C65H123NO5. The number of aliphatic hydroxyl groups excluding tert-OH is 2. The van der Waals surface area contributed by atoms with E-state index >= 15 is 0 Å². The van der Waals surface area contributed by atoms with Gasteiger partial charge in [0.1, 0.15) is 0 Å². The lowest BCUT2D eigenvalue weighted by Gasteiger charge is -2.20. The third-order valence-corrected chi connectivity index (χ3v) is 14.6. The molecule has 3 N–H and O–H groups in total. The molecule has 0 aromatic rings. The predicted octanol–water partition coefficient (Wildman–Crippen LogP) is 20.0. The molecule has 2 unspecified atom stereocenters. The lowest BCUT2D eigenvalue weighted by Crippen LogP contribution is -2.45. The van der Waals surface area contributed by atoms with Crippen LogP contribution in [-0.2, 0) is 14.3 Å². The Morgan fingerprint density at radius 2 is 0.662 bits per heavy atom. The van der Waals surface area contributed by atoms with Crippen LogP contribution in [0.2, 0.25) is 0 Å². The summed E-state index contributed by atoms with van der Waals surface area (Å²) in [7, 11) is 0. The van der Waals surface area contributed by atoms with E-state index in [2.05, 4.69) is 43.5 Å². The molecule has 0 aliphatic rings. The van der Waals surface area contributed by atoms with Gasteiger partial charge in [-0.15, -0.1) is 0 Å². The van der Waals surface area contributed by atoms with Crippen molar-refractivity contribution in [3.63, 3.8) is 0 Å². The number of ether oxygens (including phenoxy) is 1. The van der Waals surface area contributed by atoms with Crippen LogP contribution in [0.25, 0.3) is 0 Å². The van der Waals surface area contributed by atoms with Crippen molar-refractivity contribution >= 4 is 11.9 Å². The van der Waals surface area contributed by atoms with Gasteiger partial charge in [-0.25, -0.2) is 0 Å². The number of nitrogens with one attached hydrogen (secondary N) is 1. The van der Waals surface area contributed by atoms with E-state index in [9.17, 15) is 19.8 Å². The van der Waals surface area contributed by atoms with E-state index < -0.39 is 12.1 Å². The summed E-state index contributed by atoms with van der Waals surface area (Å²) in [5.74, 6) is -0.0589. The van der Waals surface area contributed by atoms with Gasteiger partial charge in [-0.3, -0.25) is 9.59 Å². The van der Waals surface area contributed by atoms with Crippen LogP contribution in [0.5, 0.6) is 0 Å². The van der Waals surface area contributed by atoms with Gasteiger partial charge in [0, 0.05) is 12.8 Å². The Bertz CT molecular complexity index is 1150. The number of rotatable bonds is 59. The maximum absolute atomic E-state index is 12.4. The molecule has 0 heterocycles. The summed E-state index contributed by atoms with van der Waals surface area (Å²) >= 11 is 0. The number of hydrogen-bond donors (Lipinski definition) is 3. The van der Waals surface area contributed by atoms with Crippen LogP contribution in [0.4, 0.5) is 0 Å². The van der Waals surface area contributed by atoms with E-state index in [1.54, 1.807) is 6.08 Å². The van der Waals surface area contributed by atoms with Crippen molar-refractivity contribution in [2.45, 2.75) is 353 Å². The molecule has 0 aromatic heterocycles. The van der Waals surface area contributed by atoms with E-state index in [0.717, 1.165) is 44.9 Å². The zero-order valence-corrected chi connectivity index (χ0v) is 47.7. The fourth-order valence-electron chi connectivity index (χ4n) is 9.74. The summed E-state index contributed by atoms with van der Waals surface area (Å²) in [5.41, 5.74) is 0. The van der Waals surface area contributed by atoms with Gasteiger partial charge in [0.25, 0.3) is 0 Å². The van der Waals surface area contributed by atoms with E-state index in [1.165, 1.54) is 270 Å². The maximum atomic E-state index is 12.4. The lowest BCUT2D eigenvalue weighted by atomic mass is 10.0. The normalized spacial score (nSPS) is 12.8. The smallest absolute Gasteiger partial charge is 0.305 e. The monoisotopic (exact) mass is 998 g/mol. The summed E-state index contributed by atoms with van der Waals surface area (Å²) in [6.07, 6.45) is 76.3. The van der Waals surface area contributed by atoms with E-state index in [-0.39, 0.29) is 18.5 Å². The second-order valence-corrected chi connectivity index (χ2v) is 21.7. The van der Waals surface area contributed by atoms with Crippen molar-refractivity contribution in [1.29, 1.82) is 0 Å². The van der Waals surface area contributed by atoms with Gasteiger partial charge in [0.2, 0.25) is 5.91 Å². The van der Waals surface area contributed by atoms with Crippen LogP contribution in [0.15, 0.2) is 36.5 Å². The molecule has 0 saturated heterocycles. The largest absolute Gasteiger partial charge is 0.466 e. The van der Waals surface area contributed by atoms with Crippen molar-refractivity contribution < 1.29 is 24.5 Å². The van der Waals surface area contributed by atoms with E-state index in [1.807, 2.05) is 6.08 Å². The number of unbranched alkanes of at least 4 members (excludes halogenated alkanes) is 44. The third-order valence-electron chi connectivity index (χ3n) is 14.6. The number of esters is 1. The Morgan fingerprint density at radius 1 is 0.380 bits per heavy atom. The summed E-state index contributed by atoms with van der Waals surface area (Å²) in [6.45, 7) is 4.89. The molecule has 0 spiro atoms. The molecule has 6 heteroatoms. The molecule has 1 amide bonds. The van der Waals surface area contributed by atoms with E-state index in [4.69, 9.17) is 4.74 Å². The number of carbonyl (C=O) groups excluding carboxylic acids is 2. The van der Waals surface area contributed by atoms with Crippen molar-refractivity contribution in [3.05, 3.63) is 36.5 Å². The Morgan fingerprint density at radius 3 is 1.00 bits per heavy atom. The average molecular weight is 999 g/mol. The minimum atomic E-state index is -0.843. The number of aliphatic hydroxyl groups is 2. The third kappa shape index (κ3) is 57.2. The zero-order valence-electron chi connectivity index (χ0n) is 47.7. The van der Waals surface area contributed by atoms with Gasteiger partial charge in [-0.05, 0) is 83.5 Å². The Hall–Kier alpha value is -1.92. The van der Waals surface area contributed by atoms with Crippen LogP contribution in [0.3, 0.4) is 0 Å². The molecule has 2 atom stereocenters. The van der Waals surface area contributed by atoms with Crippen LogP contribution in [0, 0.1) is 0 Å². The first kappa shape index (κ1) is 69.1. The molecule has 418 valence electrons. The molecule has 0 saturated carbocycles. The average Bonchev–Trinajstić information content (AvgIpc) is 3.37. The maximum Gasteiger partial charge on any atom is 0.305 e. The summed E-state index contributed by atoms with van der Waals surface area (Å²) < 4.78 is 5.49. The molecular weight excluding hydrogens is 875 g/mol. The van der Waals surface area contributed by atoms with Gasteiger partial charge in [0.15, 0.2) is 0 Å². The Kier molecular flexibility index (Phi) is 59.0. The molecule has 0 radical (unpaired) electrons. The molecule has 0 rings (SSSR count). The highest BCUT2D eigenvalue weighted by Gasteiger charge is 2.18. The zero-order chi connectivity index (χ0) is 51.4. The molecule has 0 aromatic carbocycles. The Balaban J connectivity index is 3.37. The van der Waals surface area contributed by atoms with Gasteiger partial charge >= 0.3 is 5.97 Å². The molecule has 0 fully saturated rings. The minimum absolute atomic E-state index is 0.0113. The van der Waals surface area contributed by atoms with Crippen LogP contribution in [0.1, 0.15) is 341 Å². The Labute approximate surface area is 443 Å². The molecule has 0 aliphatic heterocycles. The highest BCUT2D eigenvalue weighted by Crippen LogP contribution is 2.17. The molecule has 0 aliphatic carbocycles. The van der Waals surface area contributed by atoms with Crippen molar-refractivity contribution in [3.8, 4) is 0 Å². The number of allylic oxidation sites excluding steroid dienone is 5. The quantitative estimate of drug-likeness (QED) is 0.0321. The first-order valence-corrected chi connectivity index (χ1v) is 31.8. The highest BCUT2D eigenvalue weighted by atomic mass is 16.5. The minimum Gasteiger partial charge on any atom is -0.466 e. The lowest BCUT2D eigenvalue weighted by molar-refractivity contribution is -0.143. The number of carbonyl (C=O) groups is 2. The summed E-state index contributed by atoms with van der Waals surface area (Å²) in [4.78, 5) is 24.5. The van der Waals surface area contributed by atoms with E-state index in [0.29, 0.717) is 19.4 Å². The van der Waals surface area contributed by atoms with Crippen molar-refractivity contribution in [2.75, 3.05) is 13.2 Å². The predicted molar refractivity (Wildman–Crippen MR) is 310 cm³/mol. The first-order valence-electron chi connectivity index (χ1n) is 31.8. The van der Waals surface area contributed by atoms with Crippen molar-refractivity contribution in [2.24, 2.45) is 0 Å². The highest BCUT2D eigenvalue weighted by molar-refractivity contribution is 5.76. The van der Waals surface area contributed by atoms with Crippen LogP contribution < -0.4 is 5.32 Å². The fraction of sp³-hybridized carbons (Fsp3) is 0.877. The first-order chi connectivity index (χ1) is 35.0. The van der Waals surface area contributed by atoms with Crippen LogP contribution in [-0.4, -0.2) is 47.4 Å². The van der Waals surface area contributed by atoms with Gasteiger partial charge < -0.3 is 20.3 Å². The standard InChI is InChI=1S/C65H123NO5/c1-3-5-7-9-11-13-15-16-17-29-33-36-39-43-47-51-55-59-65(70)71-60-56-52-48-44-40-37-34-31-28-26-24-22-20-18-19-21-23-25-27-30-32-35-38-42-46-50-54-58-64(69)66-62(61-67)63(68)57-53-49-45-41-14-12-10-8-6-4-2/h16-19,53,57,62-63,67-68H,3-15,20-52,54-56,58-61H2,1-2H3,(H,66,69)/b17-16-,19-18-,57-53+. The molecule has 0 bridgehead atoms. The summed E-state index contributed by atoms with van der Waals surface area (Å²) in [6, 6.07) is -0.627. The second kappa shape index (κ2) is 60.6. The van der Waals surface area contributed by atoms with Gasteiger partial charge in [0.05, 0.1) is 25.4 Å². The molecule has 6 nitrogen and oxygen atoms in total. The van der Waals surface area contributed by atoms with Crippen molar-refractivity contribution in [1.82, 2.24) is 5.32 Å². The van der Waals surface area contributed by atoms with Gasteiger partial charge in [-0.1, -0.05) is 281 Å². The topological polar surface area (TPSA) is 95.9 Å². The molecule has 71 heavy (non-hydrogen) atoms. The second-order valence-electron chi connectivity index (χ2n) is 21.7. The number of amides is 1. The summed E-state index contributed by atoms with van der Waals surface area (Å²) in [5, 5.41) is 23.0. The van der Waals surface area contributed by atoms with Gasteiger partial charge in [-0.2, -0.15) is 0 Å². The number of hydrogen-bond acceptors (Lipinski definition) is 5.